The molecular formula is C61H69N3O5S4. The second-order valence-corrected chi connectivity index (χ2v) is 18.7. The van der Waals surface area contributed by atoms with E-state index in [0.29, 0.717) is 11.5 Å². The average molecular weight is 1050 g/mol. The monoisotopic (exact) mass is 1050 g/mol. The van der Waals surface area contributed by atoms with E-state index in [-0.39, 0.29) is 40.0 Å². The Balaban J connectivity index is 0.000000317. The van der Waals surface area contributed by atoms with E-state index in [4.69, 9.17) is 5.73 Å². The van der Waals surface area contributed by atoms with Crippen molar-refractivity contribution in [1.29, 1.82) is 0 Å². The summed E-state index contributed by atoms with van der Waals surface area (Å²) in [6, 6.07) is 79.6. The lowest BCUT2D eigenvalue weighted by molar-refractivity contribution is -0.116. The summed E-state index contributed by atoms with van der Waals surface area (Å²) in [7, 11) is 0. The number of hydrogen-bond acceptors (Lipinski definition) is 10. The molecule has 0 aliphatic rings. The normalized spacial score (nSPS) is 9.95. The molecule has 382 valence electrons. The van der Waals surface area contributed by atoms with E-state index in [1.807, 2.05) is 201 Å². The number of rotatable bonds is 15. The summed E-state index contributed by atoms with van der Waals surface area (Å²) in [6.45, 7) is 3.63. The van der Waals surface area contributed by atoms with Crippen molar-refractivity contribution in [2.45, 2.75) is 36.6 Å². The molecule has 0 atom stereocenters. The maximum absolute atomic E-state index is 11.2. The van der Waals surface area contributed by atoms with Crippen LogP contribution in [0.25, 0.3) is 0 Å². The second kappa shape index (κ2) is 38.3. The number of benzene rings is 8. The minimum absolute atomic E-state index is 0. The topological polar surface area (TPSA) is 179 Å². The van der Waals surface area contributed by atoms with Crippen molar-refractivity contribution in [1.82, 2.24) is 6.15 Å². The molecule has 0 fully saturated rings. The minimum atomic E-state index is -0.516. The molecule has 9 N–H and O–H groups in total. The maximum atomic E-state index is 11.2. The van der Waals surface area contributed by atoms with Gasteiger partial charge in [0.2, 0.25) is 11.8 Å². The number of thioether (sulfide) groups is 2. The van der Waals surface area contributed by atoms with Gasteiger partial charge in [-0.3, -0.25) is 14.4 Å². The maximum Gasteiger partial charge on any atom is 0.227 e. The van der Waals surface area contributed by atoms with Gasteiger partial charge in [0.15, 0.2) is 0 Å². The fourth-order valence-electron chi connectivity index (χ4n) is 6.57. The molecule has 0 aliphatic heterocycles. The zero-order chi connectivity index (χ0) is 52.2. The first kappa shape index (κ1) is 62.8. The Bertz CT molecular complexity index is 2290. The van der Waals surface area contributed by atoms with Crippen LogP contribution in [0.5, 0.6) is 0 Å². The van der Waals surface area contributed by atoms with Gasteiger partial charge in [0.1, 0.15) is 18.0 Å². The number of aliphatic hydroxyl groups is 2. The van der Waals surface area contributed by atoms with Crippen molar-refractivity contribution in [3.63, 3.8) is 0 Å². The van der Waals surface area contributed by atoms with Gasteiger partial charge in [-0.15, -0.1) is 23.5 Å². The third-order valence-corrected chi connectivity index (χ3v) is 13.0. The smallest absolute Gasteiger partial charge is 0.227 e. The van der Waals surface area contributed by atoms with Gasteiger partial charge in [-0.1, -0.05) is 250 Å². The Hall–Kier alpha value is -6.35. The lowest BCUT2D eigenvalue weighted by Gasteiger charge is -2.16. The standard InChI is InChI=1S/C16H16OS.C15H15NOS.2C13H12O.C2H5NOS.C2H6S.H3N/c1-13(17)12-18-16(14-8-4-2-5-9-14)15-10-6-3-7-11-15;16-14(17)11-18-15(12-7-3-1-4-8-12)13-9-5-2-6-10-13;2*14-13(11-7-3-1-4-8-11)12-9-5-2-6-10-12;3-2(4)1-5;1-2-3;/h2-11,16H,12H2,1H3;1-10,15H,11H2,(H2,16,17);2*1-10,13-14H;5H,1H2,(H2,3,4);3H,2H2,1H3;1H3. The molecule has 8 aromatic rings. The van der Waals surface area contributed by atoms with E-state index in [0.717, 1.165) is 28.0 Å². The summed E-state index contributed by atoms with van der Waals surface area (Å²) in [6.07, 6.45) is -1.03. The van der Waals surface area contributed by atoms with Gasteiger partial charge in [0.25, 0.3) is 0 Å². The first-order valence-corrected chi connectivity index (χ1v) is 26.6. The van der Waals surface area contributed by atoms with Crippen molar-refractivity contribution in [3.8, 4) is 0 Å². The van der Waals surface area contributed by atoms with Crippen LogP contribution in [0.2, 0.25) is 0 Å². The number of aliphatic hydroxyl groups excluding tert-OH is 2. The summed E-state index contributed by atoms with van der Waals surface area (Å²) in [5, 5.41) is 20.4. The van der Waals surface area contributed by atoms with Crippen LogP contribution < -0.4 is 17.6 Å². The first-order valence-electron chi connectivity index (χ1n) is 23.2. The van der Waals surface area contributed by atoms with E-state index in [2.05, 4.69) is 79.5 Å². The van der Waals surface area contributed by atoms with Gasteiger partial charge >= 0.3 is 0 Å². The van der Waals surface area contributed by atoms with E-state index < -0.39 is 12.2 Å². The highest BCUT2D eigenvalue weighted by Gasteiger charge is 2.16. The molecule has 0 heterocycles. The van der Waals surface area contributed by atoms with Crippen LogP contribution in [0.3, 0.4) is 0 Å². The molecule has 12 heteroatoms. The molecule has 0 saturated heterocycles. The summed E-state index contributed by atoms with van der Waals surface area (Å²) in [4.78, 5) is 31.7. The van der Waals surface area contributed by atoms with E-state index >= 15 is 0 Å². The molecule has 0 saturated carbocycles. The number of Topliss-reactive ketones (excluding diaryl/α,β-unsaturated/α-hetero) is 1. The number of primary amides is 2. The number of amides is 2. The predicted octanol–water partition coefficient (Wildman–Crippen LogP) is 13.1. The lowest BCUT2D eigenvalue weighted by Crippen LogP contribution is -2.14. The molecule has 0 bridgehead atoms. The molecule has 8 rings (SSSR count). The summed E-state index contributed by atoms with van der Waals surface area (Å²) >= 11 is 10.6. The zero-order valence-electron chi connectivity index (χ0n) is 41.4. The molecule has 0 radical (unpaired) electrons. The van der Waals surface area contributed by atoms with Gasteiger partial charge in [0.05, 0.1) is 27.8 Å². The van der Waals surface area contributed by atoms with Crippen LogP contribution in [-0.4, -0.2) is 50.8 Å². The number of ketones is 1. The lowest BCUT2D eigenvalue weighted by atomic mass is 10.0. The molecule has 8 aromatic carbocycles. The Morgan fingerprint density at radius 1 is 0.397 bits per heavy atom. The predicted molar refractivity (Wildman–Crippen MR) is 316 cm³/mol. The summed E-state index contributed by atoms with van der Waals surface area (Å²) in [5.74, 6) is 1.52. The number of hydrogen-bond donors (Lipinski definition) is 7. The quantitative estimate of drug-likeness (QED) is 0.0496. The SMILES string of the molecule is CC(=O)CSC(c1ccccc1)c1ccccc1.CCS.N.NC(=O)CS.NC(=O)CSC(c1ccccc1)c1ccccc1.OC(c1ccccc1)c1ccccc1.OC(c1ccccc1)c1ccccc1. The third kappa shape index (κ3) is 25.7. The summed E-state index contributed by atoms with van der Waals surface area (Å²) < 4.78 is 0. The van der Waals surface area contributed by atoms with Crippen LogP contribution in [0.15, 0.2) is 243 Å². The van der Waals surface area contributed by atoms with Gasteiger partial charge in [-0.05, 0) is 57.2 Å². The second-order valence-electron chi connectivity index (χ2n) is 15.6. The molecule has 0 aromatic heterocycles. The molecule has 0 aliphatic carbocycles. The van der Waals surface area contributed by atoms with Crippen molar-refractivity contribution >= 4 is 66.4 Å². The van der Waals surface area contributed by atoms with Crippen molar-refractivity contribution in [2.75, 3.05) is 23.0 Å². The molecule has 0 unspecified atom stereocenters. The molecular weight excluding hydrogens is 983 g/mol. The highest BCUT2D eigenvalue weighted by Crippen LogP contribution is 2.36. The Morgan fingerprint density at radius 3 is 0.740 bits per heavy atom. The fraction of sp³-hybridized carbons (Fsp3) is 0.164. The van der Waals surface area contributed by atoms with E-state index in [1.54, 1.807) is 30.4 Å². The Morgan fingerprint density at radius 2 is 0.575 bits per heavy atom. The minimum Gasteiger partial charge on any atom is -0.384 e. The zero-order valence-corrected chi connectivity index (χ0v) is 44.8. The van der Waals surface area contributed by atoms with Crippen LogP contribution in [0, 0.1) is 0 Å². The van der Waals surface area contributed by atoms with Crippen LogP contribution in [-0.2, 0) is 14.4 Å². The highest BCUT2D eigenvalue weighted by atomic mass is 32.2. The largest absolute Gasteiger partial charge is 0.384 e. The van der Waals surface area contributed by atoms with Crippen LogP contribution >= 0.6 is 48.8 Å². The van der Waals surface area contributed by atoms with Crippen molar-refractivity contribution in [3.05, 3.63) is 287 Å². The Labute approximate surface area is 452 Å². The molecule has 0 spiro atoms. The number of carbonyl (C=O) groups excluding carboxylic acids is 3. The number of thiol groups is 2. The van der Waals surface area contributed by atoms with E-state index in [9.17, 15) is 24.6 Å². The van der Waals surface area contributed by atoms with Gasteiger partial charge in [0, 0.05) is 0 Å². The molecule has 8 nitrogen and oxygen atoms in total. The highest BCUT2D eigenvalue weighted by molar-refractivity contribution is 8.00. The van der Waals surface area contributed by atoms with Crippen molar-refractivity contribution in [2.24, 2.45) is 11.5 Å². The van der Waals surface area contributed by atoms with E-state index in [1.165, 1.54) is 22.3 Å². The Kier molecular flexibility index (Phi) is 32.9. The van der Waals surface area contributed by atoms with Gasteiger partial charge < -0.3 is 27.8 Å². The third-order valence-electron chi connectivity index (χ3n) is 9.87. The average Bonchev–Trinajstić information content (AvgIpc) is 3.43. The fourth-order valence-corrected chi connectivity index (χ4v) is 8.70. The summed E-state index contributed by atoms with van der Waals surface area (Å²) in [5.41, 5.74) is 18.4. The molecule has 73 heavy (non-hydrogen) atoms. The first-order chi connectivity index (χ1) is 35.0. The molecule has 2 amide bonds. The van der Waals surface area contributed by atoms with Gasteiger partial charge in [-0.25, -0.2) is 0 Å². The van der Waals surface area contributed by atoms with Crippen LogP contribution in [0.4, 0.5) is 0 Å². The number of nitrogens with two attached hydrogens (primary N) is 2. The van der Waals surface area contributed by atoms with Gasteiger partial charge in [-0.2, -0.15) is 25.3 Å². The number of carbonyl (C=O) groups is 3. The van der Waals surface area contributed by atoms with Crippen molar-refractivity contribution < 1.29 is 24.6 Å². The van der Waals surface area contributed by atoms with Crippen LogP contribution in [0.1, 0.15) is 81.1 Å².